The number of rotatable bonds is 3. The Morgan fingerprint density at radius 1 is 1.05 bits per heavy atom. The molecule has 1 aromatic heterocycles. The number of halogens is 5. The Labute approximate surface area is 121 Å². The Kier molecular flexibility index (Phi) is 3.92. The predicted molar refractivity (Wildman–Crippen MR) is 68.7 cm³/mol. The lowest BCUT2D eigenvalue weighted by atomic mass is 10.0. The summed E-state index contributed by atoms with van der Waals surface area (Å²) in [6.45, 7) is 0.743. The lowest BCUT2D eigenvalue weighted by molar-refractivity contribution is -0.135. The fourth-order valence-electron chi connectivity index (χ4n) is 1.76. The molecule has 0 aliphatic heterocycles. The largest absolute Gasteiger partial charge is 0.493 e. The molecular formula is C13H10F5NOS. The summed E-state index contributed by atoms with van der Waals surface area (Å²) in [4.78, 5) is -0.954. The van der Waals surface area contributed by atoms with Gasteiger partial charge in [0.2, 0.25) is 0 Å². The van der Waals surface area contributed by atoms with Crippen molar-refractivity contribution in [3.05, 3.63) is 34.7 Å². The number of hydrogen-bond acceptors (Lipinski definition) is 3. The van der Waals surface area contributed by atoms with E-state index in [4.69, 9.17) is 4.74 Å². The van der Waals surface area contributed by atoms with Crippen LogP contribution in [0.5, 0.6) is 5.75 Å². The second kappa shape index (κ2) is 5.25. The maximum absolute atomic E-state index is 13.1. The molecular weight excluding hydrogens is 313 g/mol. The molecule has 0 atom stereocenters. The van der Waals surface area contributed by atoms with E-state index in [1.165, 1.54) is 12.1 Å². The molecule has 0 N–H and O–H groups in total. The van der Waals surface area contributed by atoms with Crippen LogP contribution in [-0.2, 0) is 12.1 Å². The summed E-state index contributed by atoms with van der Waals surface area (Å²) in [5.41, 5.74) is 0.0453. The van der Waals surface area contributed by atoms with E-state index in [0.717, 1.165) is 26.2 Å². The zero-order chi connectivity index (χ0) is 15.8. The second-order valence-corrected chi connectivity index (χ2v) is 5.13. The maximum atomic E-state index is 13.1. The van der Waals surface area contributed by atoms with Crippen molar-refractivity contribution in [1.82, 2.24) is 4.37 Å². The van der Waals surface area contributed by atoms with Crippen LogP contribution >= 0.6 is 11.5 Å². The highest BCUT2D eigenvalue weighted by Crippen LogP contribution is 2.44. The molecule has 0 unspecified atom stereocenters. The van der Waals surface area contributed by atoms with E-state index < -0.39 is 22.7 Å². The normalized spacial score (nSPS) is 12.5. The molecule has 0 saturated carbocycles. The minimum Gasteiger partial charge on any atom is -0.493 e. The molecule has 2 nitrogen and oxygen atoms in total. The highest BCUT2D eigenvalue weighted by Gasteiger charge is 2.39. The minimum atomic E-state index is -4.57. The van der Waals surface area contributed by atoms with Gasteiger partial charge in [-0.3, -0.25) is 0 Å². The first-order chi connectivity index (χ1) is 9.64. The van der Waals surface area contributed by atoms with Gasteiger partial charge in [0.1, 0.15) is 5.69 Å². The molecule has 0 fully saturated rings. The lowest BCUT2D eigenvalue weighted by Crippen LogP contribution is -2.06. The van der Waals surface area contributed by atoms with Crippen molar-refractivity contribution in [2.24, 2.45) is 0 Å². The molecule has 1 aromatic carbocycles. The van der Waals surface area contributed by atoms with Crippen LogP contribution in [0.2, 0.25) is 0 Å². The summed E-state index contributed by atoms with van der Waals surface area (Å²) >= 11 is 0.264. The second-order valence-electron chi connectivity index (χ2n) is 4.36. The fourth-order valence-corrected chi connectivity index (χ4v) is 2.49. The van der Waals surface area contributed by atoms with E-state index in [9.17, 15) is 22.0 Å². The average molecular weight is 323 g/mol. The first kappa shape index (κ1) is 15.7. The Morgan fingerprint density at radius 3 is 2.05 bits per heavy atom. The third-order valence-corrected chi connectivity index (χ3v) is 3.65. The van der Waals surface area contributed by atoms with Crippen LogP contribution in [0.25, 0.3) is 11.3 Å². The van der Waals surface area contributed by atoms with Crippen molar-refractivity contribution in [3.63, 3.8) is 0 Å². The van der Waals surface area contributed by atoms with Crippen LogP contribution in [-0.4, -0.2) is 11.5 Å². The van der Waals surface area contributed by atoms with Crippen LogP contribution in [0.1, 0.15) is 17.4 Å². The number of nitrogens with zero attached hydrogens (tertiary/aromatic N) is 1. The summed E-state index contributed by atoms with van der Waals surface area (Å²) in [6.07, 6.45) is -4.57. The third-order valence-electron chi connectivity index (χ3n) is 2.78. The van der Waals surface area contributed by atoms with Gasteiger partial charge in [0.15, 0.2) is 10.6 Å². The topological polar surface area (TPSA) is 22.1 Å². The van der Waals surface area contributed by atoms with E-state index in [1.807, 2.05) is 0 Å². The fraction of sp³-hybridized carbons (Fsp3) is 0.308. The minimum absolute atomic E-state index is 0.0132. The van der Waals surface area contributed by atoms with Gasteiger partial charge in [-0.1, -0.05) is 24.3 Å². The van der Waals surface area contributed by atoms with E-state index in [-0.39, 0.29) is 28.4 Å². The van der Waals surface area contributed by atoms with E-state index in [2.05, 4.69) is 4.37 Å². The van der Waals surface area contributed by atoms with E-state index >= 15 is 0 Å². The monoisotopic (exact) mass is 323 g/mol. The number of ether oxygens (including phenoxy) is 1. The van der Waals surface area contributed by atoms with Gasteiger partial charge in [0, 0.05) is 18.1 Å². The molecule has 8 heteroatoms. The summed E-state index contributed by atoms with van der Waals surface area (Å²) < 4.78 is 73.0. The molecule has 1 heterocycles. The van der Waals surface area contributed by atoms with Gasteiger partial charge in [-0.2, -0.15) is 17.5 Å². The van der Waals surface area contributed by atoms with E-state index in [0.29, 0.717) is 0 Å². The summed E-state index contributed by atoms with van der Waals surface area (Å²) in [5.74, 6) is -3.41. The molecule has 0 radical (unpaired) electrons. The van der Waals surface area contributed by atoms with Crippen LogP contribution in [0, 0.1) is 0 Å². The molecule has 0 aliphatic carbocycles. The van der Waals surface area contributed by atoms with Crippen molar-refractivity contribution < 1.29 is 26.7 Å². The smallest absolute Gasteiger partial charge is 0.430 e. The average Bonchev–Trinajstić information content (AvgIpc) is 2.81. The standard InChI is InChI=1S/C13H10F5NOS/c1-12(14,15)8-5-3-7(4-6-8)9-10(20-2)11(21-19-9)13(16,17)18/h3-6H,1-2H3. The lowest BCUT2D eigenvalue weighted by Gasteiger charge is -2.11. The van der Waals surface area contributed by atoms with Crippen LogP contribution in [0.3, 0.4) is 0 Å². The van der Waals surface area contributed by atoms with Crippen LogP contribution < -0.4 is 4.74 Å². The van der Waals surface area contributed by atoms with Gasteiger partial charge in [-0.05, 0) is 11.5 Å². The Balaban J connectivity index is 2.46. The molecule has 114 valence electrons. The third kappa shape index (κ3) is 3.15. The van der Waals surface area contributed by atoms with Crippen LogP contribution in [0.4, 0.5) is 22.0 Å². The quantitative estimate of drug-likeness (QED) is 0.746. The highest BCUT2D eigenvalue weighted by molar-refractivity contribution is 7.06. The number of aromatic nitrogens is 1. The maximum Gasteiger partial charge on any atom is 0.430 e. The van der Waals surface area contributed by atoms with Crippen molar-refractivity contribution >= 4 is 11.5 Å². The summed E-state index contributed by atoms with van der Waals surface area (Å²) in [5, 5.41) is 0. The van der Waals surface area contributed by atoms with Crippen molar-refractivity contribution in [2.45, 2.75) is 19.0 Å². The Bertz CT molecular complexity index is 627. The predicted octanol–water partition coefficient (Wildman–Crippen LogP) is 4.95. The van der Waals surface area contributed by atoms with E-state index in [1.54, 1.807) is 0 Å². The molecule has 0 bridgehead atoms. The van der Waals surface area contributed by atoms with Crippen molar-refractivity contribution in [3.8, 4) is 17.0 Å². The molecule has 0 amide bonds. The summed E-state index contributed by atoms with van der Waals surface area (Å²) in [7, 11) is 1.11. The molecule has 2 rings (SSSR count). The van der Waals surface area contributed by atoms with Gasteiger partial charge < -0.3 is 4.74 Å². The Morgan fingerprint density at radius 2 is 1.62 bits per heavy atom. The highest BCUT2D eigenvalue weighted by atomic mass is 32.1. The molecule has 21 heavy (non-hydrogen) atoms. The molecule has 0 saturated heterocycles. The van der Waals surface area contributed by atoms with Gasteiger partial charge in [0.05, 0.1) is 7.11 Å². The van der Waals surface area contributed by atoms with Gasteiger partial charge in [0.25, 0.3) is 5.92 Å². The van der Waals surface area contributed by atoms with Crippen molar-refractivity contribution in [2.75, 3.05) is 7.11 Å². The number of hydrogen-bond donors (Lipinski definition) is 0. The SMILES string of the molecule is COc1c(-c2ccc(C(C)(F)F)cc2)nsc1C(F)(F)F. The first-order valence-corrected chi connectivity index (χ1v) is 6.51. The van der Waals surface area contributed by atoms with Gasteiger partial charge >= 0.3 is 6.18 Å². The summed E-state index contributed by atoms with van der Waals surface area (Å²) in [6, 6.07) is 4.90. The molecule has 2 aromatic rings. The molecule has 0 aliphatic rings. The van der Waals surface area contributed by atoms with Gasteiger partial charge in [-0.25, -0.2) is 8.78 Å². The van der Waals surface area contributed by atoms with Gasteiger partial charge in [-0.15, -0.1) is 0 Å². The Hall–Kier alpha value is -1.70. The zero-order valence-electron chi connectivity index (χ0n) is 11.0. The number of alkyl halides is 5. The zero-order valence-corrected chi connectivity index (χ0v) is 11.8. The first-order valence-electron chi connectivity index (χ1n) is 5.74. The molecule has 0 spiro atoms. The van der Waals surface area contributed by atoms with Crippen molar-refractivity contribution in [1.29, 1.82) is 0 Å². The number of methoxy groups -OCH3 is 1. The van der Waals surface area contributed by atoms with Crippen LogP contribution in [0.15, 0.2) is 24.3 Å². The number of benzene rings is 1.